The fraction of sp³-hybridized carbons (Fsp3) is 0.444. The van der Waals surface area contributed by atoms with Gasteiger partial charge in [-0.05, 0) is 18.6 Å². The first kappa shape index (κ1) is 21.1. The third kappa shape index (κ3) is 5.48. The average Bonchev–Trinajstić information content (AvgIpc) is 3.10. The molecular formula is C18H19F3N4O3S. The van der Waals surface area contributed by atoms with E-state index in [2.05, 4.69) is 9.82 Å². The Morgan fingerprint density at radius 1 is 1.45 bits per heavy atom. The zero-order chi connectivity index (χ0) is 21.2. The van der Waals surface area contributed by atoms with Crippen molar-refractivity contribution in [1.82, 2.24) is 14.5 Å². The van der Waals surface area contributed by atoms with Gasteiger partial charge in [0.1, 0.15) is 6.07 Å². The molecule has 2 aromatic rings. The van der Waals surface area contributed by atoms with Crippen LogP contribution in [0.25, 0.3) is 5.69 Å². The highest BCUT2D eigenvalue weighted by Crippen LogP contribution is 2.37. The number of hydrogen-bond acceptors (Lipinski definition) is 5. The van der Waals surface area contributed by atoms with Crippen LogP contribution >= 0.6 is 0 Å². The van der Waals surface area contributed by atoms with E-state index in [0.717, 1.165) is 12.3 Å². The van der Waals surface area contributed by atoms with Crippen molar-refractivity contribution in [3.05, 3.63) is 42.0 Å². The van der Waals surface area contributed by atoms with E-state index in [4.69, 9.17) is 10.00 Å². The van der Waals surface area contributed by atoms with Crippen molar-refractivity contribution >= 4 is 10.0 Å². The standard InChI is InChI=1S/C18H19F3N4O3S/c1-29(26,27)24-16-4-5-18(20,21)7-13(16)11-28-17-3-2-14(6-15(17)19)25-10-12(8-22)9-23-25/h2-3,6,9-10,13,16,24H,4-5,7,11H2,1H3/t13-,16+/m1/s1. The van der Waals surface area contributed by atoms with Crippen LogP contribution in [-0.4, -0.2) is 43.0 Å². The van der Waals surface area contributed by atoms with Gasteiger partial charge in [0.15, 0.2) is 11.6 Å². The Hall–Kier alpha value is -2.58. The van der Waals surface area contributed by atoms with E-state index in [1.807, 2.05) is 6.07 Å². The molecule has 2 atom stereocenters. The van der Waals surface area contributed by atoms with Crippen LogP contribution in [0.3, 0.4) is 0 Å². The summed E-state index contributed by atoms with van der Waals surface area (Å²) in [4.78, 5) is 0. The number of rotatable bonds is 6. The maximum absolute atomic E-state index is 14.4. The van der Waals surface area contributed by atoms with Crippen molar-refractivity contribution in [3.63, 3.8) is 0 Å². The summed E-state index contributed by atoms with van der Waals surface area (Å²) in [6.45, 7) is -0.264. The number of halogens is 3. The number of sulfonamides is 1. The van der Waals surface area contributed by atoms with Gasteiger partial charge in [-0.25, -0.2) is 31.0 Å². The normalized spacial score (nSPS) is 21.5. The van der Waals surface area contributed by atoms with Gasteiger partial charge in [0.25, 0.3) is 0 Å². The van der Waals surface area contributed by atoms with Gasteiger partial charge in [0.2, 0.25) is 15.9 Å². The third-order valence-corrected chi connectivity index (χ3v) is 5.39. The summed E-state index contributed by atoms with van der Waals surface area (Å²) in [6, 6.07) is 5.19. The Labute approximate surface area is 166 Å². The van der Waals surface area contributed by atoms with Gasteiger partial charge in [0, 0.05) is 37.1 Å². The van der Waals surface area contributed by atoms with Gasteiger partial charge in [-0.2, -0.15) is 10.4 Å². The van der Waals surface area contributed by atoms with Gasteiger partial charge < -0.3 is 4.74 Å². The molecule has 7 nitrogen and oxygen atoms in total. The molecule has 0 spiro atoms. The first-order chi connectivity index (χ1) is 13.6. The molecule has 1 aromatic carbocycles. The number of ether oxygens (including phenoxy) is 1. The number of aromatic nitrogens is 2. The van der Waals surface area contributed by atoms with Crippen molar-refractivity contribution < 1.29 is 26.3 Å². The Morgan fingerprint density at radius 3 is 2.83 bits per heavy atom. The summed E-state index contributed by atoms with van der Waals surface area (Å²) in [5.74, 6) is -4.61. The fourth-order valence-electron chi connectivity index (χ4n) is 3.30. The molecule has 1 N–H and O–H groups in total. The molecule has 0 aliphatic heterocycles. The van der Waals surface area contributed by atoms with Crippen LogP contribution in [0.2, 0.25) is 0 Å². The molecular weight excluding hydrogens is 409 g/mol. The van der Waals surface area contributed by atoms with E-state index in [9.17, 15) is 21.6 Å². The van der Waals surface area contributed by atoms with E-state index in [1.54, 1.807) is 0 Å². The van der Waals surface area contributed by atoms with Gasteiger partial charge in [0.05, 0.1) is 30.3 Å². The van der Waals surface area contributed by atoms with Gasteiger partial charge in [-0.15, -0.1) is 0 Å². The SMILES string of the molecule is CS(=O)(=O)N[C@H]1CCC(F)(F)C[C@@H]1COc1ccc(-n2cc(C#N)cn2)cc1F. The summed E-state index contributed by atoms with van der Waals surface area (Å²) in [6.07, 6.45) is 2.72. The second-order valence-electron chi connectivity index (χ2n) is 7.07. The van der Waals surface area contributed by atoms with E-state index in [0.29, 0.717) is 11.3 Å². The van der Waals surface area contributed by atoms with Crippen LogP contribution in [0, 0.1) is 23.1 Å². The molecule has 11 heteroatoms. The lowest BCUT2D eigenvalue weighted by atomic mass is 9.83. The molecule has 1 aliphatic carbocycles. The minimum Gasteiger partial charge on any atom is -0.490 e. The molecule has 0 unspecified atom stereocenters. The number of hydrogen-bond donors (Lipinski definition) is 1. The summed E-state index contributed by atoms with van der Waals surface area (Å²) < 4.78 is 74.1. The number of nitrogens with one attached hydrogen (secondary N) is 1. The number of benzene rings is 1. The second-order valence-corrected chi connectivity index (χ2v) is 8.85. The molecule has 3 rings (SSSR count). The Bertz CT molecular complexity index is 1030. The second kappa shape index (κ2) is 8.04. The third-order valence-electron chi connectivity index (χ3n) is 4.66. The summed E-state index contributed by atoms with van der Waals surface area (Å²) in [7, 11) is -3.58. The molecule has 0 radical (unpaired) electrons. The summed E-state index contributed by atoms with van der Waals surface area (Å²) in [5.41, 5.74) is 0.672. The highest BCUT2D eigenvalue weighted by Gasteiger charge is 2.42. The van der Waals surface area contributed by atoms with Crippen LogP contribution in [0.4, 0.5) is 13.2 Å². The predicted molar refractivity (Wildman–Crippen MR) is 97.8 cm³/mol. The molecule has 1 fully saturated rings. The van der Waals surface area contributed by atoms with Crippen molar-refractivity contribution in [2.24, 2.45) is 5.92 Å². The molecule has 29 heavy (non-hydrogen) atoms. The smallest absolute Gasteiger partial charge is 0.248 e. The molecule has 1 aliphatic rings. The minimum absolute atomic E-state index is 0.0317. The Morgan fingerprint density at radius 2 is 2.21 bits per heavy atom. The molecule has 0 bridgehead atoms. The van der Waals surface area contributed by atoms with Crippen LogP contribution in [0.15, 0.2) is 30.6 Å². The first-order valence-electron chi connectivity index (χ1n) is 8.79. The molecule has 0 amide bonds. The van der Waals surface area contributed by atoms with Crippen molar-refractivity contribution in [2.45, 2.75) is 31.2 Å². The molecule has 156 valence electrons. The topological polar surface area (TPSA) is 97.0 Å². The van der Waals surface area contributed by atoms with Crippen LogP contribution in [0.5, 0.6) is 5.75 Å². The lowest BCUT2D eigenvalue weighted by Crippen LogP contribution is -2.48. The molecule has 0 saturated heterocycles. The number of nitriles is 1. The Balaban J connectivity index is 1.72. The Kier molecular flexibility index (Phi) is 5.86. The van der Waals surface area contributed by atoms with Crippen LogP contribution in [-0.2, 0) is 10.0 Å². The van der Waals surface area contributed by atoms with Gasteiger partial charge in [-0.1, -0.05) is 0 Å². The van der Waals surface area contributed by atoms with Crippen molar-refractivity contribution in [1.29, 1.82) is 5.26 Å². The fourth-order valence-corrected chi connectivity index (χ4v) is 4.16. The molecule has 1 heterocycles. The highest BCUT2D eigenvalue weighted by atomic mass is 32.2. The number of nitrogens with zero attached hydrogens (tertiary/aromatic N) is 3. The monoisotopic (exact) mass is 428 g/mol. The van der Waals surface area contributed by atoms with E-state index in [-0.39, 0.29) is 18.8 Å². The van der Waals surface area contributed by atoms with E-state index >= 15 is 0 Å². The van der Waals surface area contributed by atoms with Crippen molar-refractivity contribution in [3.8, 4) is 17.5 Å². The van der Waals surface area contributed by atoms with Crippen LogP contribution in [0.1, 0.15) is 24.8 Å². The van der Waals surface area contributed by atoms with Gasteiger partial charge >= 0.3 is 0 Å². The van der Waals surface area contributed by atoms with E-state index in [1.165, 1.54) is 29.2 Å². The summed E-state index contributed by atoms with van der Waals surface area (Å²) >= 11 is 0. The zero-order valence-electron chi connectivity index (χ0n) is 15.5. The first-order valence-corrected chi connectivity index (χ1v) is 10.7. The average molecular weight is 428 g/mol. The molecule has 1 aromatic heterocycles. The maximum atomic E-state index is 14.4. The minimum atomic E-state index is -3.58. The van der Waals surface area contributed by atoms with Gasteiger partial charge in [-0.3, -0.25) is 0 Å². The van der Waals surface area contributed by atoms with Crippen molar-refractivity contribution in [2.75, 3.05) is 12.9 Å². The van der Waals surface area contributed by atoms with E-state index < -0.39 is 46.6 Å². The quantitative estimate of drug-likeness (QED) is 0.763. The lowest BCUT2D eigenvalue weighted by molar-refractivity contribution is -0.0662. The zero-order valence-corrected chi connectivity index (χ0v) is 16.3. The highest BCUT2D eigenvalue weighted by molar-refractivity contribution is 7.88. The predicted octanol–water partition coefficient (Wildman–Crippen LogP) is 2.62. The summed E-state index contributed by atoms with van der Waals surface area (Å²) in [5, 5.41) is 12.8. The molecule has 1 saturated carbocycles. The number of alkyl halides is 2. The van der Waals surface area contributed by atoms with Crippen LogP contribution < -0.4 is 9.46 Å². The maximum Gasteiger partial charge on any atom is 0.248 e. The lowest BCUT2D eigenvalue weighted by Gasteiger charge is -2.35. The largest absolute Gasteiger partial charge is 0.490 e.